The Morgan fingerprint density at radius 3 is 2.21 bits per heavy atom. The molecule has 2 rings (SSSR count). The van der Waals surface area contributed by atoms with E-state index in [2.05, 4.69) is 5.43 Å². The van der Waals surface area contributed by atoms with E-state index in [1.165, 1.54) is 5.01 Å². The Kier molecular flexibility index (Phi) is 4.78. The van der Waals surface area contributed by atoms with Crippen molar-refractivity contribution in [3.05, 3.63) is 29.8 Å². The van der Waals surface area contributed by atoms with Crippen molar-refractivity contribution in [2.45, 2.75) is 65.2 Å². The van der Waals surface area contributed by atoms with Crippen molar-refractivity contribution >= 4 is 17.7 Å². The van der Waals surface area contributed by atoms with Gasteiger partial charge in [0.25, 0.3) is 0 Å². The van der Waals surface area contributed by atoms with Gasteiger partial charge in [0.15, 0.2) is 6.04 Å². The highest BCUT2D eigenvalue weighted by Crippen LogP contribution is 2.31. The minimum absolute atomic E-state index is 0.380. The van der Waals surface area contributed by atoms with E-state index in [1.807, 2.05) is 45.0 Å². The zero-order valence-corrected chi connectivity index (χ0v) is 15.2. The lowest BCUT2D eigenvalue weighted by atomic mass is 10.1. The number of hydrazine groups is 1. The van der Waals surface area contributed by atoms with Crippen LogP contribution in [0.25, 0.3) is 0 Å². The zero-order valence-electron chi connectivity index (χ0n) is 15.2. The van der Waals surface area contributed by atoms with Crippen LogP contribution in [0.3, 0.4) is 0 Å². The van der Waals surface area contributed by atoms with Gasteiger partial charge in [-0.1, -0.05) is 18.2 Å². The molecule has 0 spiro atoms. The van der Waals surface area contributed by atoms with E-state index in [4.69, 9.17) is 9.47 Å². The summed E-state index contributed by atoms with van der Waals surface area (Å²) in [6, 6.07) is 6.94. The Labute approximate surface area is 143 Å². The summed E-state index contributed by atoms with van der Waals surface area (Å²) < 4.78 is 10.8. The lowest BCUT2D eigenvalue weighted by Crippen LogP contribution is -2.52. The van der Waals surface area contributed by atoms with Crippen molar-refractivity contribution < 1.29 is 19.1 Å². The van der Waals surface area contributed by atoms with Crippen LogP contribution < -0.4 is 10.4 Å². The van der Waals surface area contributed by atoms with E-state index < -0.39 is 23.3 Å². The molecule has 24 heavy (non-hydrogen) atoms. The van der Waals surface area contributed by atoms with Crippen molar-refractivity contribution in [2.75, 3.05) is 5.01 Å². The molecule has 1 aliphatic heterocycles. The minimum Gasteiger partial charge on any atom is -0.458 e. The number of rotatable bonds is 2. The van der Waals surface area contributed by atoms with Gasteiger partial charge in [-0.3, -0.25) is 5.01 Å². The molecule has 0 aromatic heterocycles. The molecule has 1 aromatic carbocycles. The van der Waals surface area contributed by atoms with E-state index in [-0.39, 0.29) is 5.97 Å². The highest BCUT2D eigenvalue weighted by Gasteiger charge is 2.38. The van der Waals surface area contributed by atoms with Crippen LogP contribution in [0.15, 0.2) is 24.3 Å². The SMILES string of the molecule is CC(C)(C)OC(=O)NN1c2ccccc2CC1C(=O)OC(C)(C)C. The lowest BCUT2D eigenvalue weighted by Gasteiger charge is -2.30. The van der Waals surface area contributed by atoms with Gasteiger partial charge >= 0.3 is 12.1 Å². The summed E-state index contributed by atoms with van der Waals surface area (Å²) >= 11 is 0. The molecule has 0 radical (unpaired) electrons. The van der Waals surface area contributed by atoms with Crippen molar-refractivity contribution in [3.8, 4) is 0 Å². The molecule has 132 valence electrons. The molecule has 6 nitrogen and oxygen atoms in total. The normalized spacial score (nSPS) is 17.2. The quantitative estimate of drug-likeness (QED) is 0.841. The number of anilines is 1. The number of ether oxygens (including phenoxy) is 2. The summed E-state index contributed by atoms with van der Waals surface area (Å²) in [6.45, 7) is 10.8. The molecule has 6 heteroatoms. The van der Waals surface area contributed by atoms with Crippen LogP contribution in [-0.2, 0) is 20.7 Å². The maximum atomic E-state index is 12.6. The Balaban J connectivity index is 2.21. The molecular formula is C18H26N2O4. The number of carbonyl (C=O) groups is 2. The van der Waals surface area contributed by atoms with Crippen LogP contribution >= 0.6 is 0 Å². The molecule has 0 aliphatic carbocycles. The first-order valence-corrected chi connectivity index (χ1v) is 8.06. The highest BCUT2D eigenvalue weighted by molar-refractivity contribution is 5.86. The summed E-state index contributed by atoms with van der Waals surface area (Å²) in [7, 11) is 0. The number of nitrogens with one attached hydrogen (secondary N) is 1. The number of esters is 1. The molecule has 0 saturated heterocycles. The second kappa shape index (κ2) is 6.34. The first kappa shape index (κ1) is 18.1. The second-order valence-electron chi connectivity index (χ2n) is 7.87. The van der Waals surface area contributed by atoms with Gasteiger partial charge < -0.3 is 9.47 Å². The number of carbonyl (C=O) groups excluding carboxylic acids is 2. The molecule has 1 atom stereocenters. The second-order valence-corrected chi connectivity index (χ2v) is 7.87. The van der Waals surface area contributed by atoms with E-state index >= 15 is 0 Å². The predicted molar refractivity (Wildman–Crippen MR) is 91.6 cm³/mol. The Hall–Kier alpha value is -2.24. The number of para-hydroxylation sites is 1. The largest absolute Gasteiger partial charge is 0.458 e. The highest BCUT2D eigenvalue weighted by atomic mass is 16.6. The molecule has 0 bridgehead atoms. The first-order chi connectivity index (χ1) is 11.0. The van der Waals surface area contributed by atoms with Gasteiger partial charge in [0.1, 0.15) is 11.2 Å². The average molecular weight is 334 g/mol. The smallest absolute Gasteiger partial charge is 0.426 e. The van der Waals surface area contributed by atoms with Crippen LogP contribution in [0.2, 0.25) is 0 Å². The molecule has 1 unspecified atom stereocenters. The topological polar surface area (TPSA) is 67.9 Å². The third kappa shape index (κ3) is 4.63. The average Bonchev–Trinajstić information content (AvgIpc) is 2.74. The molecular weight excluding hydrogens is 308 g/mol. The lowest BCUT2D eigenvalue weighted by molar-refractivity contribution is -0.156. The summed E-state index contributed by atoms with van der Waals surface area (Å²) in [5.74, 6) is -0.380. The summed E-state index contributed by atoms with van der Waals surface area (Å²) in [5.41, 5.74) is 3.22. The van der Waals surface area contributed by atoms with Crippen molar-refractivity contribution in [1.82, 2.24) is 5.43 Å². The Morgan fingerprint density at radius 2 is 1.62 bits per heavy atom. The predicted octanol–water partition coefficient (Wildman–Crippen LogP) is 3.20. The van der Waals surface area contributed by atoms with E-state index in [0.717, 1.165) is 11.3 Å². The van der Waals surface area contributed by atoms with Gasteiger partial charge in [-0.05, 0) is 53.2 Å². The van der Waals surface area contributed by atoms with Crippen molar-refractivity contribution in [3.63, 3.8) is 0 Å². The minimum atomic E-state index is -0.620. The van der Waals surface area contributed by atoms with Gasteiger partial charge in [-0.15, -0.1) is 0 Å². The third-order valence-corrected chi connectivity index (χ3v) is 3.27. The molecule has 1 aliphatic rings. The number of nitrogens with zero attached hydrogens (tertiary/aromatic N) is 1. The van der Waals surface area contributed by atoms with Crippen LogP contribution in [0.4, 0.5) is 10.5 Å². The zero-order chi connectivity index (χ0) is 18.1. The van der Waals surface area contributed by atoms with Crippen LogP contribution in [0.5, 0.6) is 0 Å². The number of hydrogen-bond acceptors (Lipinski definition) is 5. The molecule has 1 aromatic rings. The fourth-order valence-corrected chi connectivity index (χ4v) is 2.48. The van der Waals surface area contributed by atoms with Gasteiger partial charge in [-0.2, -0.15) is 0 Å². The maximum Gasteiger partial charge on any atom is 0.426 e. The summed E-state index contributed by atoms with van der Waals surface area (Å²) in [4.78, 5) is 24.7. The fraction of sp³-hybridized carbons (Fsp3) is 0.556. The molecule has 0 fully saturated rings. The van der Waals surface area contributed by atoms with Gasteiger partial charge in [-0.25, -0.2) is 15.0 Å². The van der Waals surface area contributed by atoms with Crippen LogP contribution in [0.1, 0.15) is 47.1 Å². The van der Waals surface area contributed by atoms with Gasteiger partial charge in [0.05, 0.1) is 5.69 Å². The van der Waals surface area contributed by atoms with Crippen molar-refractivity contribution in [2.24, 2.45) is 0 Å². The van der Waals surface area contributed by atoms with Gasteiger partial charge in [0, 0.05) is 6.42 Å². The number of hydrogen-bond donors (Lipinski definition) is 1. The van der Waals surface area contributed by atoms with Crippen molar-refractivity contribution in [1.29, 1.82) is 0 Å². The number of amides is 1. The van der Waals surface area contributed by atoms with E-state index in [9.17, 15) is 9.59 Å². The van der Waals surface area contributed by atoms with Crippen LogP contribution in [-0.4, -0.2) is 29.3 Å². The molecule has 1 N–H and O–H groups in total. The number of benzene rings is 1. The summed E-state index contributed by atoms with van der Waals surface area (Å²) in [6.07, 6.45) is -0.131. The summed E-state index contributed by atoms with van der Waals surface area (Å²) in [5, 5.41) is 1.54. The monoisotopic (exact) mass is 334 g/mol. The molecule has 1 amide bonds. The third-order valence-electron chi connectivity index (χ3n) is 3.27. The first-order valence-electron chi connectivity index (χ1n) is 8.06. The van der Waals surface area contributed by atoms with E-state index in [0.29, 0.717) is 6.42 Å². The van der Waals surface area contributed by atoms with Gasteiger partial charge in [0.2, 0.25) is 0 Å². The van der Waals surface area contributed by atoms with E-state index in [1.54, 1.807) is 20.8 Å². The number of fused-ring (bicyclic) bond motifs is 1. The fourth-order valence-electron chi connectivity index (χ4n) is 2.48. The standard InChI is InChI=1S/C18H26N2O4/c1-17(2,3)23-15(21)14-11-12-9-7-8-10-13(12)20(14)19-16(22)24-18(4,5)6/h7-10,14H,11H2,1-6H3,(H,19,22). The molecule has 0 saturated carbocycles. The molecule has 1 heterocycles. The Bertz CT molecular complexity index is 629. The Morgan fingerprint density at radius 1 is 1.04 bits per heavy atom. The maximum absolute atomic E-state index is 12.6. The van der Waals surface area contributed by atoms with Crippen LogP contribution in [0, 0.1) is 0 Å².